The number of Topliss-reactive ketones (excluding diaryl/α,β-unsaturated/α-hetero) is 1. The maximum atomic E-state index is 12.8. The molecule has 3 heteroatoms. The second-order valence-corrected chi connectivity index (χ2v) is 6.77. The first kappa shape index (κ1) is 12.8. The Morgan fingerprint density at radius 2 is 1.81 bits per heavy atom. The van der Waals surface area contributed by atoms with Gasteiger partial charge in [0.1, 0.15) is 5.75 Å². The van der Waals surface area contributed by atoms with Gasteiger partial charge in [-0.15, -0.1) is 11.3 Å². The van der Waals surface area contributed by atoms with Crippen LogP contribution in [0.1, 0.15) is 29.7 Å². The number of aromatic hydroxyl groups is 1. The monoisotopic (exact) mass is 296 g/mol. The second kappa shape index (κ2) is 4.85. The number of carbonyl (C=O) groups excluding carboxylic acids is 1. The molecule has 1 aromatic heterocycles. The van der Waals surface area contributed by atoms with Crippen molar-refractivity contribution in [3.8, 4) is 5.75 Å². The summed E-state index contributed by atoms with van der Waals surface area (Å²) in [5, 5.41) is 11.5. The SMILES string of the molecule is O=C1C(c2cccs2)=C(c2ccc(O)cc2)C2CCCC12. The predicted molar refractivity (Wildman–Crippen MR) is 85.1 cm³/mol. The van der Waals surface area contributed by atoms with E-state index in [1.807, 2.05) is 29.6 Å². The minimum Gasteiger partial charge on any atom is -0.508 e. The third-order valence-corrected chi connectivity index (χ3v) is 5.57. The van der Waals surface area contributed by atoms with E-state index in [0.717, 1.165) is 35.3 Å². The number of rotatable bonds is 2. The molecule has 4 rings (SSSR count). The quantitative estimate of drug-likeness (QED) is 0.894. The molecule has 0 aliphatic heterocycles. The zero-order chi connectivity index (χ0) is 14.4. The van der Waals surface area contributed by atoms with Gasteiger partial charge >= 0.3 is 0 Å². The summed E-state index contributed by atoms with van der Waals surface area (Å²) in [5.74, 6) is 1.12. The number of benzene rings is 1. The molecule has 0 radical (unpaired) electrons. The number of ketones is 1. The van der Waals surface area contributed by atoms with Crippen molar-refractivity contribution in [1.82, 2.24) is 0 Å². The third-order valence-electron chi connectivity index (χ3n) is 4.69. The number of hydrogen-bond donors (Lipinski definition) is 1. The Bertz CT molecular complexity index is 710. The number of hydrogen-bond acceptors (Lipinski definition) is 3. The van der Waals surface area contributed by atoms with Gasteiger partial charge in [-0.2, -0.15) is 0 Å². The van der Waals surface area contributed by atoms with Crippen molar-refractivity contribution in [2.45, 2.75) is 19.3 Å². The molecule has 21 heavy (non-hydrogen) atoms. The van der Waals surface area contributed by atoms with Gasteiger partial charge < -0.3 is 5.11 Å². The number of thiophene rings is 1. The van der Waals surface area contributed by atoms with Gasteiger partial charge in [-0.3, -0.25) is 4.79 Å². The van der Waals surface area contributed by atoms with E-state index in [0.29, 0.717) is 11.7 Å². The third kappa shape index (κ3) is 1.95. The number of carbonyl (C=O) groups is 1. The summed E-state index contributed by atoms with van der Waals surface area (Å²) in [6.45, 7) is 0. The van der Waals surface area contributed by atoms with E-state index >= 15 is 0 Å². The number of allylic oxidation sites excluding steroid dienone is 2. The normalized spacial score (nSPS) is 24.7. The van der Waals surface area contributed by atoms with Crippen molar-refractivity contribution in [1.29, 1.82) is 0 Å². The first-order valence-corrected chi connectivity index (χ1v) is 8.25. The molecule has 0 bridgehead atoms. The maximum absolute atomic E-state index is 12.8. The van der Waals surface area contributed by atoms with E-state index in [1.54, 1.807) is 23.5 Å². The lowest BCUT2D eigenvalue weighted by molar-refractivity contribution is -0.117. The molecule has 1 aromatic carbocycles. The molecule has 2 aliphatic carbocycles. The van der Waals surface area contributed by atoms with E-state index < -0.39 is 0 Å². The van der Waals surface area contributed by atoms with Crippen molar-refractivity contribution in [3.63, 3.8) is 0 Å². The van der Waals surface area contributed by atoms with Crippen LogP contribution in [0.15, 0.2) is 41.8 Å². The molecule has 2 nitrogen and oxygen atoms in total. The van der Waals surface area contributed by atoms with Gasteiger partial charge in [-0.05, 0) is 53.5 Å². The van der Waals surface area contributed by atoms with Gasteiger partial charge in [0.25, 0.3) is 0 Å². The van der Waals surface area contributed by atoms with Crippen LogP contribution >= 0.6 is 11.3 Å². The minimum absolute atomic E-state index is 0.172. The standard InChI is InChI=1S/C18H16O2S/c19-12-8-6-11(7-9-12)16-13-3-1-4-14(13)18(20)17(16)15-5-2-10-21-15/h2,5-10,13-14,19H,1,3-4H2. The topological polar surface area (TPSA) is 37.3 Å². The average Bonchev–Trinajstić information content (AvgIpc) is 3.19. The highest BCUT2D eigenvalue weighted by molar-refractivity contribution is 7.11. The molecule has 1 N–H and O–H groups in total. The lowest BCUT2D eigenvalue weighted by Gasteiger charge is -2.13. The first-order valence-electron chi connectivity index (χ1n) is 7.37. The van der Waals surface area contributed by atoms with Crippen LogP contribution in [0.5, 0.6) is 5.75 Å². The Kier molecular flexibility index (Phi) is 2.96. The van der Waals surface area contributed by atoms with Gasteiger partial charge in [0.2, 0.25) is 0 Å². The highest BCUT2D eigenvalue weighted by Gasteiger charge is 2.45. The van der Waals surface area contributed by atoms with Crippen LogP contribution < -0.4 is 0 Å². The molecular formula is C18H16O2S. The molecule has 0 saturated heterocycles. The zero-order valence-electron chi connectivity index (χ0n) is 11.6. The minimum atomic E-state index is 0.172. The molecule has 0 spiro atoms. The summed E-state index contributed by atoms with van der Waals surface area (Å²) in [6.07, 6.45) is 3.25. The highest BCUT2D eigenvalue weighted by atomic mass is 32.1. The fourth-order valence-corrected chi connectivity index (χ4v) is 4.59. The van der Waals surface area contributed by atoms with Crippen LogP contribution in [0.25, 0.3) is 11.1 Å². The largest absolute Gasteiger partial charge is 0.508 e. The summed E-state index contributed by atoms with van der Waals surface area (Å²) in [4.78, 5) is 13.9. The predicted octanol–water partition coefficient (Wildman–Crippen LogP) is 4.36. The van der Waals surface area contributed by atoms with Crippen molar-refractivity contribution >= 4 is 28.3 Å². The van der Waals surface area contributed by atoms with Crippen LogP contribution in [0.3, 0.4) is 0 Å². The van der Waals surface area contributed by atoms with Crippen molar-refractivity contribution in [3.05, 3.63) is 52.2 Å². The molecule has 1 saturated carbocycles. The molecule has 2 aliphatic rings. The lowest BCUT2D eigenvalue weighted by Crippen LogP contribution is -2.11. The number of phenols is 1. The summed E-state index contributed by atoms with van der Waals surface area (Å²) in [7, 11) is 0. The van der Waals surface area contributed by atoms with Crippen molar-refractivity contribution in [2.75, 3.05) is 0 Å². The first-order chi connectivity index (χ1) is 10.3. The Hall–Kier alpha value is -1.87. The van der Waals surface area contributed by atoms with E-state index in [-0.39, 0.29) is 11.7 Å². The Labute approximate surface area is 127 Å². The lowest BCUT2D eigenvalue weighted by atomic mass is 9.90. The van der Waals surface area contributed by atoms with Gasteiger partial charge in [-0.25, -0.2) is 0 Å². The molecule has 2 atom stereocenters. The zero-order valence-corrected chi connectivity index (χ0v) is 12.4. The van der Waals surface area contributed by atoms with Crippen molar-refractivity contribution < 1.29 is 9.90 Å². The Morgan fingerprint density at radius 3 is 2.52 bits per heavy atom. The maximum Gasteiger partial charge on any atom is 0.168 e. The smallest absolute Gasteiger partial charge is 0.168 e. The van der Waals surface area contributed by atoms with E-state index in [9.17, 15) is 9.90 Å². The molecule has 2 aromatic rings. The van der Waals surface area contributed by atoms with E-state index in [4.69, 9.17) is 0 Å². The van der Waals surface area contributed by atoms with E-state index in [1.165, 1.54) is 5.57 Å². The van der Waals surface area contributed by atoms with Gasteiger partial charge in [0, 0.05) is 16.4 Å². The Balaban J connectivity index is 1.92. The van der Waals surface area contributed by atoms with Crippen LogP contribution in [-0.2, 0) is 4.79 Å². The van der Waals surface area contributed by atoms with Crippen LogP contribution in [0, 0.1) is 11.8 Å². The average molecular weight is 296 g/mol. The summed E-state index contributed by atoms with van der Waals surface area (Å²) in [6, 6.07) is 11.3. The van der Waals surface area contributed by atoms with Gasteiger partial charge in [0.05, 0.1) is 0 Å². The van der Waals surface area contributed by atoms with Crippen LogP contribution in [0.2, 0.25) is 0 Å². The molecule has 0 amide bonds. The molecular weight excluding hydrogens is 280 g/mol. The highest BCUT2D eigenvalue weighted by Crippen LogP contribution is 2.52. The van der Waals surface area contributed by atoms with Gasteiger partial charge in [0.15, 0.2) is 5.78 Å². The summed E-state index contributed by atoms with van der Waals surface area (Å²) < 4.78 is 0. The molecule has 1 heterocycles. The molecule has 2 unspecified atom stereocenters. The molecule has 1 fully saturated rings. The van der Waals surface area contributed by atoms with Crippen LogP contribution in [0.4, 0.5) is 0 Å². The summed E-state index contributed by atoms with van der Waals surface area (Å²) in [5.41, 5.74) is 3.20. The Morgan fingerprint density at radius 1 is 1.05 bits per heavy atom. The number of fused-ring (bicyclic) bond motifs is 1. The van der Waals surface area contributed by atoms with E-state index in [2.05, 4.69) is 0 Å². The fourth-order valence-electron chi connectivity index (χ4n) is 3.80. The second-order valence-electron chi connectivity index (χ2n) is 5.82. The van der Waals surface area contributed by atoms with Crippen LogP contribution in [-0.4, -0.2) is 10.9 Å². The van der Waals surface area contributed by atoms with Gasteiger partial charge in [-0.1, -0.05) is 24.6 Å². The fraction of sp³-hybridized carbons (Fsp3) is 0.278. The summed E-state index contributed by atoms with van der Waals surface area (Å²) >= 11 is 1.64. The molecule has 106 valence electrons. The number of phenolic OH excluding ortho intramolecular Hbond substituents is 1. The van der Waals surface area contributed by atoms with Crippen molar-refractivity contribution in [2.24, 2.45) is 11.8 Å².